The highest BCUT2D eigenvalue weighted by Crippen LogP contribution is 2.40. The molecule has 9 heteroatoms. The zero-order valence-corrected chi connectivity index (χ0v) is 22.6. The third kappa shape index (κ3) is 7.95. The fourth-order valence-corrected chi connectivity index (χ4v) is 4.46. The number of aromatic amines is 1. The number of fused-ring (bicyclic) bond motifs is 1. The molecule has 40 heavy (non-hydrogen) atoms. The van der Waals surface area contributed by atoms with Gasteiger partial charge in [0, 0.05) is 32.4 Å². The summed E-state index contributed by atoms with van der Waals surface area (Å²) in [7, 11) is 3.48. The number of halogens is 3. The first-order valence-electron chi connectivity index (χ1n) is 13.1. The number of aromatic nitrogens is 2. The molecule has 6 nitrogen and oxygen atoms in total. The Morgan fingerprint density at radius 3 is 2.38 bits per heavy atom. The lowest BCUT2D eigenvalue weighted by Gasteiger charge is -2.19. The van der Waals surface area contributed by atoms with Gasteiger partial charge in [-0.15, -0.1) is 0 Å². The maximum atomic E-state index is 13.9. The molecule has 0 spiro atoms. The molecular weight excluding hydrogens is 517 g/mol. The molecule has 2 N–H and O–H groups in total. The van der Waals surface area contributed by atoms with Crippen LogP contribution in [0.3, 0.4) is 0 Å². The molecular formula is C31H33F3N4O2. The normalized spacial score (nSPS) is 12.3. The van der Waals surface area contributed by atoms with Gasteiger partial charge in [0.25, 0.3) is 0 Å². The first-order valence-corrected chi connectivity index (χ1v) is 13.1. The average molecular weight is 551 g/mol. The molecule has 0 fully saturated rings. The van der Waals surface area contributed by atoms with Crippen molar-refractivity contribution in [2.24, 2.45) is 0 Å². The Morgan fingerprint density at radius 2 is 1.68 bits per heavy atom. The van der Waals surface area contributed by atoms with Crippen molar-refractivity contribution >= 4 is 28.0 Å². The van der Waals surface area contributed by atoms with Crippen LogP contribution in [0.4, 0.5) is 13.2 Å². The smallest absolute Gasteiger partial charge is 0.393 e. The zero-order chi connectivity index (χ0) is 28.5. The Kier molecular flexibility index (Phi) is 9.60. The summed E-state index contributed by atoms with van der Waals surface area (Å²) in [5.41, 5.74) is 3.35. The van der Waals surface area contributed by atoms with Crippen LogP contribution in [-0.4, -0.2) is 61.0 Å². The van der Waals surface area contributed by atoms with E-state index < -0.39 is 12.6 Å². The van der Waals surface area contributed by atoms with Crippen molar-refractivity contribution in [1.82, 2.24) is 20.4 Å². The Balaban J connectivity index is 1.56. The second kappa shape index (κ2) is 13.3. The van der Waals surface area contributed by atoms with Gasteiger partial charge in [0.2, 0.25) is 5.91 Å². The van der Waals surface area contributed by atoms with Crippen molar-refractivity contribution in [3.8, 4) is 5.75 Å². The summed E-state index contributed by atoms with van der Waals surface area (Å²) in [6.07, 6.45) is -2.57. The van der Waals surface area contributed by atoms with Gasteiger partial charge in [0.15, 0.2) is 0 Å². The van der Waals surface area contributed by atoms with Crippen LogP contribution in [0.5, 0.6) is 5.75 Å². The largest absolute Gasteiger partial charge is 0.492 e. The number of carbonyl (C=O) groups excluding carboxylic acids is 1. The minimum absolute atomic E-state index is 0.0990. The summed E-state index contributed by atoms with van der Waals surface area (Å²) in [5, 5.41) is 11.0. The number of nitrogens with zero attached hydrogens (tertiary/aromatic N) is 2. The fraction of sp³-hybridized carbons (Fsp3) is 0.290. The highest BCUT2D eigenvalue weighted by Gasteiger charge is 2.31. The molecule has 4 aromatic rings. The highest BCUT2D eigenvalue weighted by molar-refractivity contribution is 6.00. The summed E-state index contributed by atoms with van der Waals surface area (Å²) >= 11 is 0. The van der Waals surface area contributed by atoms with Gasteiger partial charge in [-0.3, -0.25) is 9.89 Å². The number of hydrogen-bond donors (Lipinski definition) is 2. The number of H-pyrrole nitrogens is 1. The van der Waals surface area contributed by atoms with Gasteiger partial charge in [-0.2, -0.15) is 18.3 Å². The van der Waals surface area contributed by atoms with Crippen molar-refractivity contribution in [3.05, 3.63) is 95.7 Å². The number of carbonyl (C=O) groups is 1. The minimum Gasteiger partial charge on any atom is -0.492 e. The van der Waals surface area contributed by atoms with Crippen molar-refractivity contribution in [2.45, 2.75) is 25.4 Å². The van der Waals surface area contributed by atoms with E-state index in [-0.39, 0.29) is 11.5 Å². The van der Waals surface area contributed by atoms with E-state index >= 15 is 0 Å². The van der Waals surface area contributed by atoms with Gasteiger partial charge < -0.3 is 15.0 Å². The lowest BCUT2D eigenvalue weighted by atomic mass is 9.87. The van der Waals surface area contributed by atoms with E-state index in [1.54, 1.807) is 79.8 Å². The molecule has 0 aliphatic rings. The predicted octanol–water partition coefficient (Wildman–Crippen LogP) is 6.31. The Morgan fingerprint density at radius 1 is 0.950 bits per heavy atom. The maximum Gasteiger partial charge on any atom is 0.393 e. The molecule has 3 aromatic carbocycles. The SMILES string of the molecule is CN(C)C(=O)CCCNCCOc1ccc(C(=C(CC(F)(F)F)c2ccccc2)c2ccc3[nH]ncc3c2)cc1. The lowest BCUT2D eigenvalue weighted by Crippen LogP contribution is -2.25. The van der Waals surface area contributed by atoms with Gasteiger partial charge in [-0.25, -0.2) is 0 Å². The molecule has 0 unspecified atom stereocenters. The van der Waals surface area contributed by atoms with Crippen molar-refractivity contribution < 1.29 is 22.7 Å². The van der Waals surface area contributed by atoms with E-state index in [9.17, 15) is 18.0 Å². The zero-order valence-electron chi connectivity index (χ0n) is 22.6. The quantitative estimate of drug-likeness (QED) is 0.160. The molecule has 1 heterocycles. The Bertz CT molecular complexity index is 1430. The second-order valence-corrected chi connectivity index (χ2v) is 9.70. The highest BCUT2D eigenvalue weighted by atomic mass is 19.4. The third-order valence-corrected chi connectivity index (χ3v) is 6.46. The van der Waals surface area contributed by atoms with E-state index in [1.807, 2.05) is 18.2 Å². The van der Waals surface area contributed by atoms with Gasteiger partial charge in [0.05, 0.1) is 18.1 Å². The number of alkyl halides is 3. The summed E-state index contributed by atoms with van der Waals surface area (Å²) in [5.74, 6) is 0.719. The summed E-state index contributed by atoms with van der Waals surface area (Å²) in [6, 6.07) is 21.3. The van der Waals surface area contributed by atoms with Crippen LogP contribution >= 0.6 is 0 Å². The molecule has 4 rings (SSSR count). The van der Waals surface area contributed by atoms with Crippen LogP contribution < -0.4 is 10.1 Å². The number of benzene rings is 3. The van der Waals surface area contributed by atoms with Gasteiger partial charge in [-0.1, -0.05) is 48.5 Å². The maximum absolute atomic E-state index is 13.9. The predicted molar refractivity (Wildman–Crippen MR) is 152 cm³/mol. The Hall–Kier alpha value is -4.11. The van der Waals surface area contributed by atoms with Crippen LogP contribution in [0.25, 0.3) is 22.0 Å². The molecule has 0 saturated carbocycles. The lowest BCUT2D eigenvalue weighted by molar-refractivity contribution is -0.128. The summed E-state index contributed by atoms with van der Waals surface area (Å²) in [4.78, 5) is 13.2. The number of nitrogens with one attached hydrogen (secondary N) is 2. The van der Waals surface area contributed by atoms with Crippen LogP contribution in [0.1, 0.15) is 36.0 Å². The number of amides is 1. The van der Waals surface area contributed by atoms with E-state index in [2.05, 4.69) is 15.5 Å². The molecule has 1 aromatic heterocycles. The fourth-order valence-electron chi connectivity index (χ4n) is 4.46. The average Bonchev–Trinajstić information content (AvgIpc) is 3.41. The van der Waals surface area contributed by atoms with E-state index in [4.69, 9.17) is 4.74 Å². The third-order valence-electron chi connectivity index (χ3n) is 6.46. The first-order chi connectivity index (χ1) is 19.2. The van der Waals surface area contributed by atoms with Crippen LogP contribution in [0, 0.1) is 0 Å². The van der Waals surface area contributed by atoms with E-state index in [0.29, 0.717) is 54.1 Å². The van der Waals surface area contributed by atoms with Crippen molar-refractivity contribution in [2.75, 3.05) is 33.8 Å². The Labute approximate surface area is 231 Å². The number of rotatable bonds is 12. The summed E-state index contributed by atoms with van der Waals surface area (Å²) < 4.78 is 47.5. The van der Waals surface area contributed by atoms with E-state index in [1.165, 1.54) is 0 Å². The van der Waals surface area contributed by atoms with Crippen LogP contribution in [0.15, 0.2) is 79.0 Å². The van der Waals surface area contributed by atoms with Gasteiger partial charge in [0.1, 0.15) is 12.4 Å². The van der Waals surface area contributed by atoms with E-state index in [0.717, 1.165) is 17.3 Å². The minimum atomic E-state index is -4.40. The molecule has 0 radical (unpaired) electrons. The molecule has 0 aliphatic carbocycles. The van der Waals surface area contributed by atoms with Gasteiger partial charge in [-0.05, 0) is 65.1 Å². The first kappa shape index (κ1) is 28.9. The molecule has 0 aliphatic heterocycles. The number of ether oxygens (including phenoxy) is 1. The molecule has 0 bridgehead atoms. The molecule has 1 amide bonds. The standard InChI is InChI=1S/C31H33F3N4O2/c1-38(2)29(39)9-6-16-35-17-18-40-26-13-10-23(11-14-26)30(24-12-15-28-25(19-24)21-36-37-28)27(20-31(32,33)34)22-7-4-3-5-8-22/h3-5,7-8,10-15,19,21,35H,6,9,16-18,20H2,1-2H3,(H,36,37). The monoisotopic (exact) mass is 550 g/mol. The van der Waals surface area contributed by atoms with Gasteiger partial charge >= 0.3 is 6.18 Å². The topological polar surface area (TPSA) is 70.2 Å². The second-order valence-electron chi connectivity index (χ2n) is 9.70. The molecule has 0 saturated heterocycles. The number of hydrogen-bond acceptors (Lipinski definition) is 4. The number of allylic oxidation sites excluding steroid dienone is 1. The summed E-state index contributed by atoms with van der Waals surface area (Å²) in [6.45, 7) is 1.74. The van der Waals surface area contributed by atoms with Crippen molar-refractivity contribution in [1.29, 1.82) is 0 Å². The molecule has 0 atom stereocenters. The van der Waals surface area contributed by atoms with Crippen LogP contribution in [0.2, 0.25) is 0 Å². The van der Waals surface area contributed by atoms with Crippen molar-refractivity contribution in [3.63, 3.8) is 0 Å². The molecule has 210 valence electrons. The van der Waals surface area contributed by atoms with Crippen LogP contribution in [-0.2, 0) is 4.79 Å².